The van der Waals surface area contributed by atoms with Crippen LogP contribution in [0, 0.1) is 5.21 Å². The number of aliphatic carboxylic acids is 1. The van der Waals surface area contributed by atoms with Crippen LogP contribution in [0.5, 0.6) is 0 Å². The Balaban J connectivity index is 2.90. The molecule has 0 aromatic rings. The molecule has 0 unspecified atom stereocenters. The highest BCUT2D eigenvalue weighted by Crippen LogP contribution is 2.38. The smallest absolute Gasteiger partial charge is 0.322 e. The van der Waals surface area contributed by atoms with Crippen molar-refractivity contribution in [1.82, 2.24) is 10.4 Å². The molecule has 6 heteroatoms. The van der Waals surface area contributed by atoms with Crippen molar-refractivity contribution in [3.8, 4) is 0 Å². The summed E-state index contributed by atoms with van der Waals surface area (Å²) in [6, 6.07) is 0. The van der Waals surface area contributed by atoms with E-state index in [0.29, 0.717) is 5.57 Å². The fraction of sp³-hybridized carbons (Fsp3) is 0.636. The second kappa shape index (κ2) is 4.12. The van der Waals surface area contributed by atoms with Crippen LogP contribution in [0.15, 0.2) is 11.6 Å². The van der Waals surface area contributed by atoms with E-state index in [4.69, 9.17) is 5.11 Å². The molecule has 0 saturated heterocycles. The monoisotopic (exact) mass is 241 g/mol. The van der Waals surface area contributed by atoms with Crippen molar-refractivity contribution in [2.75, 3.05) is 6.54 Å². The van der Waals surface area contributed by atoms with E-state index >= 15 is 0 Å². The maximum atomic E-state index is 12.0. The Morgan fingerprint density at radius 1 is 1.41 bits per heavy atom. The van der Waals surface area contributed by atoms with Crippen LogP contribution >= 0.6 is 0 Å². The number of carbonyl (C=O) groups excluding carboxylic acids is 1. The molecule has 6 nitrogen and oxygen atoms in total. The highest BCUT2D eigenvalue weighted by Gasteiger charge is 2.42. The molecular weight excluding hydrogens is 224 g/mol. The summed E-state index contributed by atoms with van der Waals surface area (Å²) in [4.78, 5) is 22.2. The summed E-state index contributed by atoms with van der Waals surface area (Å²) < 4.78 is 0. The van der Waals surface area contributed by atoms with E-state index in [1.807, 2.05) is 0 Å². The van der Waals surface area contributed by atoms with Crippen molar-refractivity contribution >= 4 is 11.9 Å². The summed E-state index contributed by atoms with van der Waals surface area (Å²) in [5.74, 6) is -1.63. The van der Waals surface area contributed by atoms with Gasteiger partial charge in [-0.15, -0.1) is 0 Å². The molecule has 0 saturated carbocycles. The predicted octanol–water partition coefficient (Wildman–Crippen LogP) is 0.484. The summed E-state index contributed by atoms with van der Waals surface area (Å²) in [7, 11) is 0. The molecule has 1 amide bonds. The minimum absolute atomic E-state index is 0.304. The van der Waals surface area contributed by atoms with Crippen molar-refractivity contribution in [3.05, 3.63) is 16.9 Å². The van der Waals surface area contributed by atoms with Gasteiger partial charge in [0.15, 0.2) is 0 Å². The van der Waals surface area contributed by atoms with E-state index in [1.165, 1.54) is 0 Å². The van der Waals surface area contributed by atoms with Crippen molar-refractivity contribution in [3.63, 3.8) is 0 Å². The number of hydroxylamine groups is 2. The second-order valence-corrected chi connectivity index (χ2v) is 5.14. The van der Waals surface area contributed by atoms with Gasteiger partial charge in [-0.3, -0.25) is 9.59 Å². The molecule has 0 spiro atoms. The molecule has 0 radical (unpaired) electrons. The highest BCUT2D eigenvalue weighted by atomic mass is 16.5. The first-order valence-electron chi connectivity index (χ1n) is 5.30. The third kappa shape index (κ3) is 2.48. The summed E-state index contributed by atoms with van der Waals surface area (Å²) in [6.07, 6.45) is 1.58. The standard InChI is InChI=1S/C11H17N2O4/c1-10(2)5-7(11(3,4)13(10)17)9(16)12-6-8(14)15/h5H,6H2,1-4H3,(H,12,16)(H,14,15)/q-1. The van der Waals surface area contributed by atoms with Crippen LogP contribution in [0.3, 0.4) is 0 Å². The van der Waals surface area contributed by atoms with E-state index in [0.717, 1.165) is 5.06 Å². The number of carboxylic acid groups (broad SMARTS) is 1. The van der Waals surface area contributed by atoms with Gasteiger partial charge in [0.2, 0.25) is 5.91 Å². The molecule has 0 bridgehead atoms. The molecule has 0 aromatic carbocycles. The van der Waals surface area contributed by atoms with E-state index in [-0.39, 0.29) is 0 Å². The summed E-state index contributed by atoms with van der Waals surface area (Å²) in [5.41, 5.74) is -1.41. The van der Waals surface area contributed by atoms with Crippen LogP contribution < -0.4 is 5.32 Å². The molecule has 96 valence electrons. The van der Waals surface area contributed by atoms with Crippen LogP contribution in [-0.4, -0.2) is 39.7 Å². The molecule has 1 aliphatic heterocycles. The topological polar surface area (TPSA) is 92.7 Å². The molecule has 0 aromatic heterocycles. The van der Waals surface area contributed by atoms with Gasteiger partial charge < -0.3 is 20.7 Å². The Morgan fingerprint density at radius 3 is 2.29 bits per heavy atom. The van der Waals surface area contributed by atoms with Gasteiger partial charge in [-0.05, 0) is 27.7 Å². The fourth-order valence-corrected chi connectivity index (χ4v) is 2.01. The second-order valence-electron chi connectivity index (χ2n) is 5.14. The fourth-order valence-electron chi connectivity index (χ4n) is 2.01. The van der Waals surface area contributed by atoms with Crippen LogP contribution in [0.4, 0.5) is 0 Å². The van der Waals surface area contributed by atoms with E-state index < -0.39 is 29.5 Å². The zero-order valence-electron chi connectivity index (χ0n) is 10.4. The van der Waals surface area contributed by atoms with Gasteiger partial charge in [0.1, 0.15) is 6.54 Å². The number of hydrogen-bond acceptors (Lipinski definition) is 4. The quantitative estimate of drug-likeness (QED) is 0.749. The van der Waals surface area contributed by atoms with Gasteiger partial charge in [0.05, 0.1) is 0 Å². The average molecular weight is 241 g/mol. The van der Waals surface area contributed by atoms with Crippen molar-refractivity contribution in [2.24, 2.45) is 0 Å². The predicted molar refractivity (Wildman–Crippen MR) is 62.1 cm³/mol. The highest BCUT2D eigenvalue weighted by molar-refractivity contribution is 5.97. The number of amides is 1. The third-order valence-corrected chi connectivity index (χ3v) is 2.83. The Labute approximate surface area is 99.9 Å². The number of carboxylic acids is 1. The Hall–Kier alpha value is -1.40. The normalized spacial score (nSPS) is 22.1. The van der Waals surface area contributed by atoms with Crippen LogP contribution in [-0.2, 0) is 9.59 Å². The maximum Gasteiger partial charge on any atom is 0.322 e. The molecular formula is C11H17N2O4-. The number of nitrogens with zero attached hydrogens (tertiary/aromatic N) is 1. The molecule has 0 aliphatic carbocycles. The molecule has 0 atom stereocenters. The van der Waals surface area contributed by atoms with Crippen LogP contribution in [0.25, 0.3) is 0 Å². The zero-order valence-corrected chi connectivity index (χ0v) is 10.4. The molecule has 1 heterocycles. The minimum Gasteiger partial charge on any atom is -0.784 e. The lowest BCUT2D eigenvalue weighted by molar-refractivity contribution is -0.137. The molecule has 2 N–H and O–H groups in total. The van der Waals surface area contributed by atoms with Crippen LogP contribution in [0.1, 0.15) is 27.7 Å². The number of nitrogens with one attached hydrogen (secondary N) is 1. The van der Waals surface area contributed by atoms with E-state index in [2.05, 4.69) is 5.32 Å². The van der Waals surface area contributed by atoms with Gasteiger partial charge in [0, 0.05) is 16.7 Å². The van der Waals surface area contributed by atoms with Gasteiger partial charge in [-0.2, -0.15) is 0 Å². The summed E-state index contributed by atoms with van der Waals surface area (Å²) in [5, 5.41) is 23.6. The zero-order chi connectivity index (χ0) is 13.4. The molecule has 17 heavy (non-hydrogen) atoms. The van der Waals surface area contributed by atoms with Gasteiger partial charge in [0.25, 0.3) is 0 Å². The summed E-state index contributed by atoms with van der Waals surface area (Å²) in [6.45, 7) is 6.24. The SMILES string of the molecule is CC1(C)C=C(C(=O)NCC(=O)O)C(C)(C)N1[O-]. The van der Waals surface area contributed by atoms with Crippen molar-refractivity contribution < 1.29 is 14.7 Å². The maximum absolute atomic E-state index is 12.0. The average Bonchev–Trinajstić information content (AvgIpc) is 2.35. The molecule has 1 rings (SSSR count). The van der Waals surface area contributed by atoms with Crippen LogP contribution in [0.2, 0.25) is 0 Å². The summed E-state index contributed by atoms with van der Waals surface area (Å²) >= 11 is 0. The Morgan fingerprint density at radius 2 is 1.94 bits per heavy atom. The first-order chi connectivity index (χ1) is 7.59. The van der Waals surface area contributed by atoms with E-state index in [9.17, 15) is 14.8 Å². The lowest BCUT2D eigenvalue weighted by atomic mass is 9.96. The minimum atomic E-state index is -1.12. The van der Waals surface area contributed by atoms with E-state index in [1.54, 1.807) is 33.8 Å². The first-order valence-corrected chi connectivity index (χ1v) is 5.30. The first kappa shape index (κ1) is 13.7. The Kier molecular flexibility index (Phi) is 3.31. The number of carbonyl (C=O) groups is 2. The lowest BCUT2D eigenvalue weighted by Crippen LogP contribution is -2.48. The molecule has 1 aliphatic rings. The van der Waals surface area contributed by atoms with Crippen molar-refractivity contribution in [2.45, 2.75) is 38.8 Å². The number of rotatable bonds is 3. The van der Waals surface area contributed by atoms with Gasteiger partial charge >= 0.3 is 5.97 Å². The third-order valence-electron chi connectivity index (χ3n) is 2.83. The lowest BCUT2D eigenvalue weighted by Gasteiger charge is -2.47. The van der Waals surface area contributed by atoms with Gasteiger partial charge in [-0.25, -0.2) is 0 Å². The van der Waals surface area contributed by atoms with Gasteiger partial charge in [-0.1, -0.05) is 6.08 Å². The molecule has 0 fully saturated rings. The largest absolute Gasteiger partial charge is 0.784 e. The van der Waals surface area contributed by atoms with Crippen molar-refractivity contribution in [1.29, 1.82) is 0 Å². The Bertz CT molecular complexity index is 385. The number of hydrogen-bond donors (Lipinski definition) is 2.